The predicted molar refractivity (Wildman–Crippen MR) is 42.0 cm³/mol. The lowest BCUT2D eigenvalue weighted by atomic mass is 10.2. The molecule has 1 rings (SSSR count). The Labute approximate surface area is 67.2 Å². The molecule has 1 aromatic rings. The Hall–Kier alpha value is -0.810. The normalized spacial score (nSPS) is 8.90. The van der Waals surface area contributed by atoms with E-state index >= 15 is 0 Å². The minimum atomic E-state index is -0.324. The molecule has 0 spiro atoms. The highest BCUT2D eigenvalue weighted by atomic mass is 79.9. The topological polar surface area (TPSA) is 0 Å². The fraction of sp³-hybridized carbons (Fsp3) is 0. The average Bonchev–Trinajstić information content (AvgIpc) is 1.95. The van der Waals surface area contributed by atoms with E-state index in [1.165, 1.54) is 6.07 Å². The molecular weight excluding hydrogens is 195 g/mol. The van der Waals surface area contributed by atoms with E-state index in [-0.39, 0.29) is 5.82 Å². The number of hydrogen-bond acceptors (Lipinski definition) is 0. The summed E-state index contributed by atoms with van der Waals surface area (Å²) in [7, 11) is 0. The zero-order valence-corrected chi connectivity index (χ0v) is 6.65. The Morgan fingerprint density at radius 1 is 1.50 bits per heavy atom. The number of benzene rings is 1. The van der Waals surface area contributed by atoms with E-state index < -0.39 is 0 Å². The molecule has 10 heavy (non-hydrogen) atoms. The molecule has 0 unspecified atom stereocenters. The predicted octanol–water partition coefficient (Wildman–Crippen LogP) is 2.57. The maximum atomic E-state index is 12.6. The Morgan fingerprint density at radius 2 is 2.20 bits per heavy atom. The van der Waals surface area contributed by atoms with Crippen LogP contribution in [-0.4, -0.2) is 0 Å². The van der Waals surface area contributed by atoms with Crippen molar-refractivity contribution in [3.8, 4) is 12.3 Å². The summed E-state index contributed by atoms with van der Waals surface area (Å²) < 4.78 is 13.1. The van der Waals surface area contributed by atoms with Crippen LogP contribution in [0.4, 0.5) is 4.39 Å². The van der Waals surface area contributed by atoms with E-state index in [0.717, 1.165) is 0 Å². The van der Waals surface area contributed by atoms with Crippen molar-refractivity contribution >= 4 is 15.9 Å². The standard InChI is InChI=1S/C8H4BrF/c1-2-6-3-4-7(9)8(10)5-6/h1,3-5H. The molecule has 0 bridgehead atoms. The monoisotopic (exact) mass is 198 g/mol. The third-order valence-corrected chi connectivity index (χ3v) is 1.73. The minimum Gasteiger partial charge on any atom is -0.206 e. The molecule has 0 heterocycles. The Balaban J connectivity index is 3.20. The van der Waals surface area contributed by atoms with Crippen LogP contribution in [0.5, 0.6) is 0 Å². The van der Waals surface area contributed by atoms with Crippen molar-refractivity contribution in [3.05, 3.63) is 34.1 Å². The summed E-state index contributed by atoms with van der Waals surface area (Å²) in [5.74, 6) is 2.01. The highest BCUT2D eigenvalue weighted by Gasteiger charge is 1.96. The first-order chi connectivity index (χ1) is 4.74. The summed E-state index contributed by atoms with van der Waals surface area (Å²) in [6.45, 7) is 0. The van der Waals surface area contributed by atoms with Crippen LogP contribution in [0.15, 0.2) is 22.7 Å². The average molecular weight is 199 g/mol. The number of rotatable bonds is 0. The van der Waals surface area contributed by atoms with E-state index in [4.69, 9.17) is 6.42 Å². The van der Waals surface area contributed by atoms with Gasteiger partial charge in [-0.25, -0.2) is 4.39 Å². The number of halogens is 2. The van der Waals surface area contributed by atoms with Crippen molar-refractivity contribution in [2.45, 2.75) is 0 Å². The van der Waals surface area contributed by atoms with E-state index in [9.17, 15) is 4.39 Å². The maximum Gasteiger partial charge on any atom is 0.138 e. The van der Waals surface area contributed by atoms with E-state index in [0.29, 0.717) is 10.0 Å². The summed E-state index contributed by atoms with van der Waals surface area (Å²) >= 11 is 3.01. The summed E-state index contributed by atoms with van der Waals surface area (Å²) in [6.07, 6.45) is 5.04. The van der Waals surface area contributed by atoms with Gasteiger partial charge < -0.3 is 0 Å². The molecule has 0 fully saturated rings. The quantitative estimate of drug-likeness (QED) is 0.563. The van der Waals surface area contributed by atoms with E-state index in [2.05, 4.69) is 21.9 Å². The molecule has 0 atom stereocenters. The number of hydrogen-bond donors (Lipinski definition) is 0. The number of terminal acetylenes is 1. The molecule has 0 aliphatic heterocycles. The molecule has 0 aliphatic carbocycles. The molecule has 0 N–H and O–H groups in total. The Bertz CT molecular complexity index is 286. The lowest BCUT2D eigenvalue weighted by Gasteiger charge is -1.92. The van der Waals surface area contributed by atoms with Crippen LogP contribution in [0.3, 0.4) is 0 Å². The second kappa shape index (κ2) is 2.85. The Morgan fingerprint density at radius 3 is 2.70 bits per heavy atom. The van der Waals surface area contributed by atoms with Crippen LogP contribution in [0.1, 0.15) is 5.56 Å². The van der Waals surface area contributed by atoms with Gasteiger partial charge in [0.2, 0.25) is 0 Å². The van der Waals surface area contributed by atoms with Gasteiger partial charge in [0.1, 0.15) is 5.82 Å². The van der Waals surface area contributed by atoms with E-state index in [1.807, 2.05) is 0 Å². The van der Waals surface area contributed by atoms with Crippen LogP contribution in [0.25, 0.3) is 0 Å². The van der Waals surface area contributed by atoms with Gasteiger partial charge in [0.05, 0.1) is 4.47 Å². The fourth-order valence-corrected chi connectivity index (χ4v) is 0.833. The molecule has 0 amide bonds. The lowest BCUT2D eigenvalue weighted by Crippen LogP contribution is -1.78. The van der Waals surface area contributed by atoms with Crippen molar-refractivity contribution in [1.29, 1.82) is 0 Å². The summed E-state index contributed by atoms with van der Waals surface area (Å²) in [4.78, 5) is 0. The second-order valence-corrected chi connectivity index (χ2v) is 2.63. The maximum absolute atomic E-state index is 12.6. The molecule has 0 nitrogen and oxygen atoms in total. The van der Waals surface area contributed by atoms with Gasteiger partial charge in [-0.1, -0.05) is 5.92 Å². The molecular formula is C8H4BrF. The highest BCUT2D eigenvalue weighted by Crippen LogP contribution is 2.15. The lowest BCUT2D eigenvalue weighted by molar-refractivity contribution is 0.621. The van der Waals surface area contributed by atoms with Crippen LogP contribution in [-0.2, 0) is 0 Å². The second-order valence-electron chi connectivity index (χ2n) is 1.77. The molecule has 0 aromatic heterocycles. The fourth-order valence-electron chi connectivity index (χ4n) is 0.586. The van der Waals surface area contributed by atoms with E-state index in [1.54, 1.807) is 12.1 Å². The molecule has 1 aromatic carbocycles. The third kappa shape index (κ3) is 1.37. The van der Waals surface area contributed by atoms with Gasteiger partial charge in [0.15, 0.2) is 0 Å². The third-order valence-electron chi connectivity index (χ3n) is 1.09. The summed E-state index contributed by atoms with van der Waals surface area (Å²) in [5, 5.41) is 0. The SMILES string of the molecule is C#Cc1ccc(Br)c(F)c1. The first kappa shape index (κ1) is 7.30. The molecule has 0 radical (unpaired) electrons. The smallest absolute Gasteiger partial charge is 0.138 e. The van der Waals surface area contributed by atoms with Gasteiger partial charge in [-0.05, 0) is 34.1 Å². The van der Waals surface area contributed by atoms with Crippen LogP contribution in [0, 0.1) is 18.2 Å². The highest BCUT2D eigenvalue weighted by molar-refractivity contribution is 9.10. The van der Waals surface area contributed by atoms with Gasteiger partial charge in [-0.15, -0.1) is 6.42 Å². The first-order valence-electron chi connectivity index (χ1n) is 2.65. The van der Waals surface area contributed by atoms with Crippen molar-refractivity contribution < 1.29 is 4.39 Å². The van der Waals surface area contributed by atoms with Gasteiger partial charge >= 0.3 is 0 Å². The Kier molecular flexibility index (Phi) is 2.08. The summed E-state index contributed by atoms with van der Waals surface area (Å²) in [6, 6.07) is 4.57. The van der Waals surface area contributed by atoms with Crippen LogP contribution in [0.2, 0.25) is 0 Å². The van der Waals surface area contributed by atoms with Crippen LogP contribution >= 0.6 is 15.9 Å². The largest absolute Gasteiger partial charge is 0.206 e. The van der Waals surface area contributed by atoms with Crippen molar-refractivity contribution in [2.24, 2.45) is 0 Å². The molecule has 2 heteroatoms. The molecule has 0 saturated heterocycles. The minimum absolute atomic E-state index is 0.324. The summed E-state index contributed by atoms with van der Waals surface area (Å²) in [5.41, 5.74) is 0.556. The molecule has 0 saturated carbocycles. The van der Waals surface area contributed by atoms with Crippen molar-refractivity contribution in [2.75, 3.05) is 0 Å². The van der Waals surface area contributed by atoms with Crippen LogP contribution < -0.4 is 0 Å². The van der Waals surface area contributed by atoms with Crippen molar-refractivity contribution in [3.63, 3.8) is 0 Å². The van der Waals surface area contributed by atoms with Gasteiger partial charge in [0.25, 0.3) is 0 Å². The zero-order valence-electron chi connectivity index (χ0n) is 5.07. The zero-order chi connectivity index (χ0) is 7.56. The first-order valence-corrected chi connectivity index (χ1v) is 3.45. The van der Waals surface area contributed by atoms with Gasteiger partial charge in [0, 0.05) is 5.56 Å². The van der Waals surface area contributed by atoms with Crippen molar-refractivity contribution in [1.82, 2.24) is 0 Å². The van der Waals surface area contributed by atoms with Gasteiger partial charge in [-0.2, -0.15) is 0 Å². The molecule has 0 aliphatic rings. The van der Waals surface area contributed by atoms with Gasteiger partial charge in [-0.3, -0.25) is 0 Å². The molecule has 50 valence electrons.